The lowest BCUT2D eigenvalue weighted by Crippen LogP contribution is -2.29. The van der Waals surface area contributed by atoms with Gasteiger partial charge < -0.3 is 4.74 Å². The van der Waals surface area contributed by atoms with E-state index in [4.69, 9.17) is 4.74 Å². The van der Waals surface area contributed by atoms with Crippen molar-refractivity contribution in [1.29, 1.82) is 0 Å². The second-order valence-electron chi connectivity index (χ2n) is 8.08. The van der Waals surface area contributed by atoms with Gasteiger partial charge in [0.25, 0.3) is 0 Å². The number of rotatable bonds is 0. The number of fused-ring (bicyclic) bond motifs is 4. The highest BCUT2D eigenvalue weighted by atomic mass is 16.6. The van der Waals surface area contributed by atoms with Gasteiger partial charge in [0.15, 0.2) is 0 Å². The Balaban J connectivity index is 1.73. The predicted molar refractivity (Wildman–Crippen MR) is 64.1 cm³/mol. The van der Waals surface area contributed by atoms with E-state index in [1.54, 1.807) is 0 Å². The third kappa shape index (κ3) is 1.11. The van der Waals surface area contributed by atoms with Crippen LogP contribution in [0.15, 0.2) is 0 Å². The Morgan fingerprint density at radius 2 is 1.75 bits per heavy atom. The minimum absolute atomic E-state index is 0.364. The Kier molecular flexibility index (Phi) is 1.57. The molecule has 1 spiro atoms. The SMILES string of the molecule is CC1(C)C[C@H]2C[C@@]2(C)[C@@H]2CC[C@]3(CO3)[C@H]2C1. The molecular weight excluding hydrogens is 196 g/mol. The predicted octanol–water partition coefficient (Wildman–Crippen LogP) is 3.63. The van der Waals surface area contributed by atoms with E-state index < -0.39 is 0 Å². The van der Waals surface area contributed by atoms with Crippen LogP contribution in [0.4, 0.5) is 0 Å². The molecule has 0 unspecified atom stereocenters. The topological polar surface area (TPSA) is 12.5 Å². The van der Waals surface area contributed by atoms with Crippen molar-refractivity contribution in [2.75, 3.05) is 6.61 Å². The van der Waals surface area contributed by atoms with Gasteiger partial charge in [-0.2, -0.15) is 0 Å². The van der Waals surface area contributed by atoms with Crippen LogP contribution in [-0.4, -0.2) is 12.2 Å². The molecular formula is C15H24O. The molecule has 5 atom stereocenters. The molecule has 0 aromatic rings. The highest BCUT2D eigenvalue weighted by Crippen LogP contribution is 2.72. The fourth-order valence-corrected chi connectivity index (χ4v) is 5.30. The Morgan fingerprint density at radius 1 is 1.00 bits per heavy atom. The van der Waals surface area contributed by atoms with Crippen LogP contribution in [0, 0.1) is 28.6 Å². The summed E-state index contributed by atoms with van der Waals surface area (Å²) in [7, 11) is 0. The van der Waals surface area contributed by atoms with Crippen LogP contribution in [0.25, 0.3) is 0 Å². The fourth-order valence-electron chi connectivity index (χ4n) is 5.30. The van der Waals surface area contributed by atoms with Crippen molar-refractivity contribution in [3.05, 3.63) is 0 Å². The quantitative estimate of drug-likeness (QED) is 0.568. The van der Waals surface area contributed by atoms with Crippen LogP contribution in [0.5, 0.6) is 0 Å². The van der Waals surface area contributed by atoms with Crippen molar-refractivity contribution in [3.63, 3.8) is 0 Å². The maximum atomic E-state index is 5.89. The molecule has 3 saturated carbocycles. The molecule has 0 N–H and O–H groups in total. The molecule has 16 heavy (non-hydrogen) atoms. The molecule has 1 aliphatic heterocycles. The molecule has 1 heterocycles. The second-order valence-corrected chi connectivity index (χ2v) is 8.08. The Bertz CT molecular complexity index is 341. The van der Waals surface area contributed by atoms with Crippen LogP contribution in [-0.2, 0) is 4.74 Å². The summed E-state index contributed by atoms with van der Waals surface area (Å²) in [6.07, 6.45) is 7.21. The maximum absolute atomic E-state index is 5.89. The minimum atomic E-state index is 0.364. The summed E-state index contributed by atoms with van der Waals surface area (Å²) >= 11 is 0. The number of epoxide rings is 1. The molecule has 0 amide bonds. The third-order valence-electron chi connectivity index (χ3n) is 6.43. The summed E-state index contributed by atoms with van der Waals surface area (Å²) in [5, 5.41) is 0. The van der Waals surface area contributed by atoms with E-state index in [0.29, 0.717) is 16.4 Å². The number of hydrogen-bond donors (Lipinski definition) is 0. The largest absolute Gasteiger partial charge is 0.369 e. The zero-order valence-corrected chi connectivity index (χ0v) is 10.9. The van der Waals surface area contributed by atoms with Gasteiger partial charge in [-0.15, -0.1) is 0 Å². The van der Waals surface area contributed by atoms with Crippen molar-refractivity contribution < 1.29 is 4.74 Å². The van der Waals surface area contributed by atoms with E-state index >= 15 is 0 Å². The molecule has 4 aliphatic rings. The van der Waals surface area contributed by atoms with Crippen molar-refractivity contribution in [3.8, 4) is 0 Å². The molecule has 0 aromatic carbocycles. The standard InChI is InChI=1S/C15H24O/c1-13(2)6-10-7-14(10,3)11-4-5-15(9-16-15)12(11)8-13/h10-12H,4-9H2,1-3H3/t10-,11+,12-,14+,15-/m0/s1. The van der Waals surface area contributed by atoms with E-state index in [2.05, 4.69) is 20.8 Å². The lowest BCUT2D eigenvalue weighted by molar-refractivity contribution is 0.140. The fraction of sp³-hybridized carbons (Fsp3) is 1.00. The van der Waals surface area contributed by atoms with Gasteiger partial charge in [0.1, 0.15) is 0 Å². The first-order chi connectivity index (χ1) is 7.45. The summed E-state index contributed by atoms with van der Waals surface area (Å²) in [6.45, 7) is 8.62. The Hall–Kier alpha value is -0.0400. The van der Waals surface area contributed by atoms with Crippen molar-refractivity contribution >= 4 is 0 Å². The zero-order valence-electron chi connectivity index (χ0n) is 10.9. The van der Waals surface area contributed by atoms with Crippen LogP contribution in [0.3, 0.4) is 0 Å². The van der Waals surface area contributed by atoms with Crippen molar-refractivity contribution in [1.82, 2.24) is 0 Å². The van der Waals surface area contributed by atoms with Gasteiger partial charge in [0.05, 0.1) is 12.2 Å². The molecule has 1 heteroatoms. The normalized spacial score (nSPS) is 61.3. The summed E-state index contributed by atoms with van der Waals surface area (Å²) in [6, 6.07) is 0. The monoisotopic (exact) mass is 220 g/mol. The van der Waals surface area contributed by atoms with Gasteiger partial charge in [-0.3, -0.25) is 0 Å². The Morgan fingerprint density at radius 3 is 2.44 bits per heavy atom. The summed E-state index contributed by atoms with van der Waals surface area (Å²) in [5.74, 6) is 2.91. The number of ether oxygens (including phenoxy) is 1. The van der Waals surface area contributed by atoms with Crippen LogP contribution in [0.2, 0.25) is 0 Å². The van der Waals surface area contributed by atoms with E-state index in [-0.39, 0.29) is 0 Å². The van der Waals surface area contributed by atoms with Gasteiger partial charge in [0, 0.05) is 0 Å². The van der Waals surface area contributed by atoms with Gasteiger partial charge in [-0.25, -0.2) is 0 Å². The van der Waals surface area contributed by atoms with Crippen molar-refractivity contribution in [2.45, 2.75) is 58.5 Å². The lowest BCUT2D eigenvalue weighted by Gasteiger charge is -2.31. The summed E-state index contributed by atoms with van der Waals surface area (Å²) < 4.78 is 5.89. The van der Waals surface area contributed by atoms with E-state index in [0.717, 1.165) is 24.4 Å². The third-order valence-corrected chi connectivity index (χ3v) is 6.43. The molecule has 4 rings (SSSR count). The maximum Gasteiger partial charge on any atom is 0.0947 e. The molecule has 4 fully saturated rings. The Labute approximate surface area is 98.9 Å². The second kappa shape index (κ2) is 2.53. The molecule has 0 radical (unpaired) electrons. The molecule has 1 saturated heterocycles. The first-order valence-electron chi connectivity index (χ1n) is 7.09. The zero-order chi connectivity index (χ0) is 11.2. The minimum Gasteiger partial charge on any atom is -0.369 e. The number of hydrogen-bond acceptors (Lipinski definition) is 1. The molecule has 3 aliphatic carbocycles. The average molecular weight is 220 g/mol. The molecule has 90 valence electrons. The van der Waals surface area contributed by atoms with E-state index in [9.17, 15) is 0 Å². The van der Waals surface area contributed by atoms with E-state index in [1.165, 1.54) is 32.1 Å². The summed E-state index contributed by atoms with van der Waals surface area (Å²) in [5.41, 5.74) is 1.63. The molecule has 0 aromatic heterocycles. The van der Waals surface area contributed by atoms with E-state index in [1.807, 2.05) is 0 Å². The smallest absolute Gasteiger partial charge is 0.0947 e. The van der Waals surface area contributed by atoms with Gasteiger partial charge in [0.2, 0.25) is 0 Å². The van der Waals surface area contributed by atoms with Crippen LogP contribution in [0.1, 0.15) is 52.9 Å². The lowest BCUT2D eigenvalue weighted by atomic mass is 9.73. The molecule has 1 nitrogen and oxygen atoms in total. The van der Waals surface area contributed by atoms with Crippen LogP contribution < -0.4 is 0 Å². The first-order valence-corrected chi connectivity index (χ1v) is 7.09. The van der Waals surface area contributed by atoms with Crippen molar-refractivity contribution in [2.24, 2.45) is 28.6 Å². The summed E-state index contributed by atoms with van der Waals surface area (Å²) in [4.78, 5) is 0. The van der Waals surface area contributed by atoms with Crippen LogP contribution >= 0.6 is 0 Å². The van der Waals surface area contributed by atoms with Gasteiger partial charge in [-0.1, -0.05) is 20.8 Å². The van der Waals surface area contributed by atoms with Gasteiger partial charge >= 0.3 is 0 Å². The average Bonchev–Trinajstić information content (AvgIpc) is 3.00. The van der Waals surface area contributed by atoms with Gasteiger partial charge in [-0.05, 0) is 60.7 Å². The highest BCUT2D eigenvalue weighted by Gasteiger charge is 2.69. The molecule has 0 bridgehead atoms. The first kappa shape index (κ1) is 9.94. The highest BCUT2D eigenvalue weighted by molar-refractivity contribution is 5.17.